The molecule has 0 aromatic carbocycles. The van der Waals surface area contributed by atoms with Gasteiger partial charge in [0.05, 0.1) is 0 Å². The maximum absolute atomic E-state index is 5.64. The summed E-state index contributed by atoms with van der Waals surface area (Å²) in [6.07, 6.45) is 3.71. The molecule has 0 bridgehead atoms. The number of ether oxygens (including phenoxy) is 1. The first-order valence-corrected chi connectivity index (χ1v) is 9.01. The van der Waals surface area contributed by atoms with Crippen LogP contribution in [0.5, 0.6) is 0 Å². The zero-order chi connectivity index (χ0) is 16.2. The summed E-state index contributed by atoms with van der Waals surface area (Å²) >= 11 is 0. The van der Waals surface area contributed by atoms with Crippen molar-refractivity contribution in [2.45, 2.75) is 53.0 Å². The van der Waals surface area contributed by atoms with Crippen LogP contribution in [-0.4, -0.2) is 62.8 Å². The van der Waals surface area contributed by atoms with Gasteiger partial charge in [0.1, 0.15) is 0 Å². The summed E-state index contributed by atoms with van der Waals surface area (Å²) in [5.74, 6) is 1.77. The largest absolute Gasteiger partial charge is 0.381 e. The second kappa shape index (κ2) is 14.3. The van der Waals surface area contributed by atoms with Gasteiger partial charge in [-0.1, -0.05) is 6.92 Å². The first kappa shape index (κ1) is 22.9. The van der Waals surface area contributed by atoms with Gasteiger partial charge in [-0.15, -0.1) is 24.0 Å². The SMILES string of the molecule is CCNC(=NCCCOCC1CC1)NCCN(CC)C(C)C.I. The predicted octanol–water partition coefficient (Wildman–Crippen LogP) is 2.71. The highest BCUT2D eigenvalue weighted by Crippen LogP contribution is 2.28. The van der Waals surface area contributed by atoms with Crippen molar-refractivity contribution in [3.05, 3.63) is 0 Å². The maximum atomic E-state index is 5.64. The van der Waals surface area contributed by atoms with Gasteiger partial charge in [-0.25, -0.2) is 0 Å². The average Bonchev–Trinajstić information content (AvgIpc) is 3.30. The van der Waals surface area contributed by atoms with Crippen LogP contribution in [0.4, 0.5) is 0 Å². The normalized spacial score (nSPS) is 15.0. The molecular weight excluding hydrogens is 403 g/mol. The van der Waals surface area contributed by atoms with Gasteiger partial charge in [0.2, 0.25) is 0 Å². The highest BCUT2D eigenvalue weighted by molar-refractivity contribution is 14.0. The number of nitrogens with one attached hydrogen (secondary N) is 2. The molecule has 0 aliphatic heterocycles. The van der Waals surface area contributed by atoms with Crippen LogP contribution in [0.25, 0.3) is 0 Å². The van der Waals surface area contributed by atoms with Gasteiger partial charge in [0, 0.05) is 45.4 Å². The maximum Gasteiger partial charge on any atom is 0.191 e. The third-order valence-electron chi connectivity index (χ3n) is 3.94. The summed E-state index contributed by atoms with van der Waals surface area (Å²) in [6.45, 7) is 15.3. The fraction of sp³-hybridized carbons (Fsp3) is 0.941. The molecule has 0 aromatic heterocycles. The summed E-state index contributed by atoms with van der Waals surface area (Å²) < 4.78 is 5.64. The highest BCUT2D eigenvalue weighted by atomic mass is 127. The van der Waals surface area contributed by atoms with Crippen molar-refractivity contribution < 1.29 is 4.74 Å². The lowest BCUT2D eigenvalue weighted by molar-refractivity contribution is 0.123. The Morgan fingerprint density at radius 2 is 2.00 bits per heavy atom. The Bertz CT molecular complexity index is 309. The first-order chi connectivity index (χ1) is 10.7. The van der Waals surface area contributed by atoms with E-state index in [2.05, 4.69) is 48.2 Å². The van der Waals surface area contributed by atoms with E-state index in [9.17, 15) is 0 Å². The highest BCUT2D eigenvalue weighted by Gasteiger charge is 2.20. The molecule has 1 fully saturated rings. The molecule has 0 atom stereocenters. The van der Waals surface area contributed by atoms with Crippen LogP contribution in [0.3, 0.4) is 0 Å². The van der Waals surface area contributed by atoms with Gasteiger partial charge in [0.25, 0.3) is 0 Å². The number of guanidine groups is 1. The van der Waals surface area contributed by atoms with Crippen LogP contribution >= 0.6 is 24.0 Å². The van der Waals surface area contributed by atoms with Gasteiger partial charge in [-0.2, -0.15) is 0 Å². The lowest BCUT2D eigenvalue weighted by Crippen LogP contribution is -2.43. The second-order valence-corrected chi connectivity index (χ2v) is 6.28. The average molecular weight is 440 g/mol. The molecule has 0 saturated heterocycles. The van der Waals surface area contributed by atoms with Crippen molar-refractivity contribution in [1.29, 1.82) is 0 Å². The third kappa shape index (κ3) is 12.0. The molecule has 1 saturated carbocycles. The van der Waals surface area contributed by atoms with Gasteiger partial charge in [-0.3, -0.25) is 9.89 Å². The van der Waals surface area contributed by atoms with E-state index in [1.54, 1.807) is 0 Å². The molecule has 1 aliphatic rings. The van der Waals surface area contributed by atoms with Gasteiger partial charge >= 0.3 is 0 Å². The number of hydrogen-bond donors (Lipinski definition) is 2. The predicted molar refractivity (Wildman–Crippen MR) is 110 cm³/mol. The van der Waals surface area contributed by atoms with Crippen LogP contribution in [0.15, 0.2) is 4.99 Å². The standard InChI is InChI=1S/C17H36N4O.HI/c1-5-18-17(20-11-12-21(6-2)15(3)4)19-10-7-13-22-14-16-8-9-16;/h15-16H,5-14H2,1-4H3,(H2,18,19,20);1H. The summed E-state index contributed by atoms with van der Waals surface area (Å²) in [4.78, 5) is 7.06. The molecule has 0 spiro atoms. The number of aliphatic imine (C=N–C) groups is 1. The zero-order valence-corrected chi connectivity index (χ0v) is 17.8. The Labute approximate surface area is 160 Å². The lowest BCUT2D eigenvalue weighted by Gasteiger charge is -2.25. The molecule has 0 unspecified atom stereocenters. The molecule has 23 heavy (non-hydrogen) atoms. The Balaban J connectivity index is 0.00000484. The van der Waals surface area contributed by atoms with Crippen LogP contribution in [0, 0.1) is 5.92 Å². The van der Waals surface area contributed by atoms with Crippen LogP contribution in [-0.2, 0) is 4.74 Å². The zero-order valence-electron chi connectivity index (χ0n) is 15.4. The Morgan fingerprint density at radius 1 is 1.26 bits per heavy atom. The molecule has 138 valence electrons. The second-order valence-electron chi connectivity index (χ2n) is 6.28. The van der Waals surface area contributed by atoms with Gasteiger partial charge in [0.15, 0.2) is 5.96 Å². The van der Waals surface area contributed by atoms with Crippen molar-refractivity contribution in [2.24, 2.45) is 10.9 Å². The van der Waals surface area contributed by atoms with Crippen molar-refractivity contribution in [2.75, 3.05) is 45.9 Å². The van der Waals surface area contributed by atoms with Crippen LogP contribution < -0.4 is 10.6 Å². The number of rotatable bonds is 12. The number of hydrogen-bond acceptors (Lipinski definition) is 3. The molecule has 0 aromatic rings. The van der Waals surface area contributed by atoms with Crippen molar-refractivity contribution in [1.82, 2.24) is 15.5 Å². The quantitative estimate of drug-likeness (QED) is 0.212. The monoisotopic (exact) mass is 440 g/mol. The minimum Gasteiger partial charge on any atom is -0.381 e. The molecule has 0 radical (unpaired) electrons. The summed E-state index contributed by atoms with van der Waals surface area (Å²) in [5.41, 5.74) is 0. The van der Waals surface area contributed by atoms with E-state index in [-0.39, 0.29) is 24.0 Å². The Hall–Kier alpha value is -0.0800. The van der Waals surface area contributed by atoms with Crippen LogP contribution in [0.1, 0.15) is 47.0 Å². The minimum absolute atomic E-state index is 0. The molecular formula is C17H37IN4O. The molecule has 6 heteroatoms. The van der Waals surface area contributed by atoms with E-state index in [4.69, 9.17) is 4.74 Å². The molecule has 2 N–H and O–H groups in total. The Morgan fingerprint density at radius 3 is 2.57 bits per heavy atom. The molecule has 0 heterocycles. The first-order valence-electron chi connectivity index (χ1n) is 9.01. The summed E-state index contributed by atoms with van der Waals surface area (Å²) in [6, 6.07) is 0.593. The molecule has 1 aliphatic carbocycles. The fourth-order valence-electron chi connectivity index (χ4n) is 2.33. The van der Waals surface area contributed by atoms with E-state index in [0.29, 0.717) is 6.04 Å². The lowest BCUT2D eigenvalue weighted by atomic mass is 10.3. The van der Waals surface area contributed by atoms with Gasteiger partial charge in [-0.05, 0) is 52.5 Å². The van der Waals surface area contributed by atoms with Crippen molar-refractivity contribution >= 4 is 29.9 Å². The van der Waals surface area contributed by atoms with E-state index in [0.717, 1.165) is 64.2 Å². The molecule has 5 nitrogen and oxygen atoms in total. The molecule has 0 amide bonds. The topological polar surface area (TPSA) is 48.9 Å². The Kier molecular flexibility index (Phi) is 14.2. The third-order valence-corrected chi connectivity index (χ3v) is 3.94. The van der Waals surface area contributed by atoms with Crippen LogP contribution in [0.2, 0.25) is 0 Å². The molecule has 1 rings (SSSR count). The number of halogens is 1. The van der Waals surface area contributed by atoms with Gasteiger partial charge < -0.3 is 15.4 Å². The van der Waals surface area contributed by atoms with E-state index >= 15 is 0 Å². The van der Waals surface area contributed by atoms with E-state index in [1.807, 2.05) is 0 Å². The minimum atomic E-state index is 0. The van der Waals surface area contributed by atoms with Crippen molar-refractivity contribution in [3.63, 3.8) is 0 Å². The number of likely N-dealkylation sites (N-methyl/N-ethyl adjacent to an activating group) is 1. The smallest absolute Gasteiger partial charge is 0.191 e. The summed E-state index contributed by atoms with van der Waals surface area (Å²) in [7, 11) is 0. The van der Waals surface area contributed by atoms with E-state index in [1.165, 1.54) is 12.8 Å². The van der Waals surface area contributed by atoms with E-state index < -0.39 is 0 Å². The summed E-state index contributed by atoms with van der Waals surface area (Å²) in [5, 5.41) is 6.72. The van der Waals surface area contributed by atoms with Crippen molar-refractivity contribution in [3.8, 4) is 0 Å². The fourth-order valence-corrected chi connectivity index (χ4v) is 2.33. The number of nitrogens with zero attached hydrogens (tertiary/aromatic N) is 2.